The van der Waals surface area contributed by atoms with Crippen molar-refractivity contribution in [1.82, 2.24) is 4.98 Å². The van der Waals surface area contributed by atoms with Crippen molar-refractivity contribution in [2.24, 2.45) is 0 Å². The number of carbonyl (C=O) groups excluding carboxylic acids is 1. The van der Waals surface area contributed by atoms with Gasteiger partial charge in [-0.05, 0) is 25.5 Å². The van der Waals surface area contributed by atoms with Crippen LogP contribution in [0.5, 0.6) is 0 Å². The van der Waals surface area contributed by atoms with Crippen LogP contribution in [0.4, 0.5) is 5.88 Å². The number of aromatic nitrogens is 1. The third-order valence-corrected chi connectivity index (χ3v) is 2.17. The lowest BCUT2D eigenvalue weighted by atomic mass is 10.2. The van der Waals surface area contributed by atoms with Crippen LogP contribution < -0.4 is 5.73 Å². The molecule has 0 fully saturated rings. The fourth-order valence-electron chi connectivity index (χ4n) is 1.49. The first kappa shape index (κ1) is 10.5. The molecule has 5 nitrogen and oxygen atoms in total. The van der Waals surface area contributed by atoms with E-state index >= 15 is 0 Å². The molecular formula is C11H12N2O3. The fraction of sp³-hybridized carbons (Fsp3) is 0.273. The molecule has 5 heteroatoms. The highest BCUT2D eigenvalue weighted by molar-refractivity contribution is 6.06. The lowest BCUT2D eigenvalue weighted by molar-refractivity contribution is 0.0529. The molecule has 2 rings (SSSR count). The van der Waals surface area contributed by atoms with E-state index in [2.05, 4.69) is 4.98 Å². The zero-order valence-corrected chi connectivity index (χ0v) is 9.11. The summed E-state index contributed by atoms with van der Waals surface area (Å²) in [7, 11) is 0. The number of anilines is 1. The average Bonchev–Trinajstić information content (AvgIpc) is 2.53. The van der Waals surface area contributed by atoms with Crippen LogP contribution in [0.25, 0.3) is 11.1 Å². The van der Waals surface area contributed by atoms with Gasteiger partial charge in [-0.25, -0.2) is 4.79 Å². The van der Waals surface area contributed by atoms with Gasteiger partial charge in [-0.1, -0.05) is 0 Å². The topological polar surface area (TPSA) is 78.4 Å². The number of carbonyl (C=O) groups is 1. The number of aryl methyl sites for hydroxylation is 1. The first-order valence-corrected chi connectivity index (χ1v) is 4.95. The Morgan fingerprint density at radius 3 is 3.06 bits per heavy atom. The Labute approximate surface area is 92.2 Å². The molecule has 0 atom stereocenters. The summed E-state index contributed by atoms with van der Waals surface area (Å²) in [6.45, 7) is 3.90. The molecule has 0 aliphatic rings. The van der Waals surface area contributed by atoms with Crippen molar-refractivity contribution >= 4 is 23.0 Å². The molecule has 2 aromatic rings. The third kappa shape index (κ3) is 1.60. The second-order valence-corrected chi connectivity index (χ2v) is 3.42. The van der Waals surface area contributed by atoms with Gasteiger partial charge in [0, 0.05) is 6.20 Å². The molecule has 0 aliphatic carbocycles. The number of hydrogen-bond donors (Lipinski definition) is 1. The van der Waals surface area contributed by atoms with Gasteiger partial charge >= 0.3 is 5.97 Å². The first-order chi connectivity index (χ1) is 7.63. The predicted molar refractivity (Wildman–Crippen MR) is 59.1 cm³/mol. The molecule has 16 heavy (non-hydrogen) atoms. The summed E-state index contributed by atoms with van der Waals surface area (Å²) in [5, 5.41) is 0. The van der Waals surface area contributed by atoms with Crippen molar-refractivity contribution in [3.8, 4) is 0 Å². The van der Waals surface area contributed by atoms with E-state index in [0.29, 0.717) is 11.1 Å². The van der Waals surface area contributed by atoms with E-state index in [-0.39, 0.29) is 18.1 Å². The smallest absolute Gasteiger partial charge is 0.345 e. The van der Waals surface area contributed by atoms with Gasteiger partial charge in [-0.2, -0.15) is 0 Å². The molecule has 0 bridgehead atoms. The van der Waals surface area contributed by atoms with Gasteiger partial charge in [0.25, 0.3) is 0 Å². The molecule has 2 aromatic heterocycles. The van der Waals surface area contributed by atoms with Crippen molar-refractivity contribution in [3.05, 3.63) is 23.4 Å². The maximum Gasteiger partial charge on any atom is 0.345 e. The molecule has 0 saturated carbocycles. The highest BCUT2D eigenvalue weighted by Crippen LogP contribution is 2.27. The van der Waals surface area contributed by atoms with Crippen LogP contribution in [0.3, 0.4) is 0 Å². The number of pyridine rings is 1. The number of nitrogen functional groups attached to an aromatic ring is 1. The van der Waals surface area contributed by atoms with E-state index in [1.807, 2.05) is 6.92 Å². The molecule has 2 N–H and O–H groups in total. The van der Waals surface area contributed by atoms with Gasteiger partial charge in [0.1, 0.15) is 11.1 Å². The van der Waals surface area contributed by atoms with E-state index in [0.717, 1.165) is 5.56 Å². The number of furan rings is 1. The maximum atomic E-state index is 11.6. The van der Waals surface area contributed by atoms with Gasteiger partial charge in [-0.3, -0.25) is 4.98 Å². The number of fused-ring (bicyclic) bond motifs is 1. The minimum atomic E-state index is -0.505. The fourth-order valence-corrected chi connectivity index (χ4v) is 1.49. The molecule has 0 spiro atoms. The molecule has 0 radical (unpaired) electrons. The summed E-state index contributed by atoms with van der Waals surface area (Å²) < 4.78 is 10.1. The second kappa shape index (κ2) is 3.84. The van der Waals surface area contributed by atoms with Crippen LogP contribution in [0, 0.1) is 6.92 Å². The summed E-state index contributed by atoms with van der Waals surface area (Å²) in [5.74, 6) is -0.457. The number of nitrogens with zero attached hydrogens (tertiary/aromatic N) is 1. The molecule has 0 aromatic carbocycles. The Morgan fingerprint density at radius 1 is 1.62 bits per heavy atom. The van der Waals surface area contributed by atoms with E-state index in [1.54, 1.807) is 19.2 Å². The quantitative estimate of drug-likeness (QED) is 0.782. The average molecular weight is 220 g/mol. The molecule has 0 saturated heterocycles. The van der Waals surface area contributed by atoms with Gasteiger partial charge in [-0.15, -0.1) is 0 Å². The van der Waals surface area contributed by atoms with Crippen molar-refractivity contribution in [1.29, 1.82) is 0 Å². The summed E-state index contributed by atoms with van der Waals surface area (Å²) in [5.41, 5.74) is 7.72. The standard InChI is InChI=1S/C11H12N2O3/c1-3-15-11(14)8-9-7(16-10(8)12)4-6(2)5-13-9/h4-5H,3,12H2,1-2H3. The van der Waals surface area contributed by atoms with Crippen molar-refractivity contribution in [2.75, 3.05) is 12.3 Å². The van der Waals surface area contributed by atoms with E-state index < -0.39 is 5.97 Å². The van der Waals surface area contributed by atoms with Gasteiger partial charge in [0.15, 0.2) is 5.58 Å². The molecule has 0 amide bonds. The maximum absolute atomic E-state index is 11.6. The van der Waals surface area contributed by atoms with Crippen molar-refractivity contribution in [2.45, 2.75) is 13.8 Å². The summed E-state index contributed by atoms with van der Waals surface area (Å²) in [4.78, 5) is 15.8. The van der Waals surface area contributed by atoms with Crippen LogP contribution in [0.1, 0.15) is 22.8 Å². The zero-order valence-electron chi connectivity index (χ0n) is 9.11. The van der Waals surface area contributed by atoms with Crippen LogP contribution in [0.2, 0.25) is 0 Å². The lowest BCUT2D eigenvalue weighted by Gasteiger charge is -1.99. The van der Waals surface area contributed by atoms with Crippen molar-refractivity contribution < 1.29 is 13.9 Å². The number of ether oxygens (including phenoxy) is 1. The summed E-state index contributed by atoms with van der Waals surface area (Å²) >= 11 is 0. The highest BCUT2D eigenvalue weighted by Gasteiger charge is 2.21. The normalized spacial score (nSPS) is 10.6. The molecule has 0 aliphatic heterocycles. The number of hydrogen-bond acceptors (Lipinski definition) is 5. The zero-order chi connectivity index (χ0) is 11.7. The van der Waals surface area contributed by atoms with Crippen molar-refractivity contribution in [3.63, 3.8) is 0 Å². The Bertz CT molecular complexity index is 545. The van der Waals surface area contributed by atoms with Gasteiger partial charge in [0.2, 0.25) is 5.88 Å². The highest BCUT2D eigenvalue weighted by atomic mass is 16.5. The first-order valence-electron chi connectivity index (χ1n) is 4.95. The lowest BCUT2D eigenvalue weighted by Crippen LogP contribution is -2.06. The number of rotatable bonds is 2. The Kier molecular flexibility index (Phi) is 2.52. The van der Waals surface area contributed by atoms with E-state index in [9.17, 15) is 4.79 Å². The second-order valence-electron chi connectivity index (χ2n) is 3.42. The minimum Gasteiger partial charge on any atom is -0.462 e. The third-order valence-electron chi connectivity index (χ3n) is 2.17. The minimum absolute atomic E-state index is 0.0477. The predicted octanol–water partition coefficient (Wildman–Crippen LogP) is 1.90. The Hall–Kier alpha value is -2.04. The van der Waals surface area contributed by atoms with Gasteiger partial charge < -0.3 is 14.9 Å². The summed E-state index contributed by atoms with van der Waals surface area (Å²) in [6, 6.07) is 1.78. The van der Waals surface area contributed by atoms with Gasteiger partial charge in [0.05, 0.1) is 6.61 Å². The van der Waals surface area contributed by atoms with Crippen LogP contribution >= 0.6 is 0 Å². The van der Waals surface area contributed by atoms with E-state index in [1.165, 1.54) is 0 Å². The largest absolute Gasteiger partial charge is 0.462 e. The van der Waals surface area contributed by atoms with Crippen LogP contribution in [-0.4, -0.2) is 17.6 Å². The molecule has 84 valence electrons. The Morgan fingerprint density at radius 2 is 2.38 bits per heavy atom. The van der Waals surface area contributed by atoms with Crippen LogP contribution in [-0.2, 0) is 4.74 Å². The molecular weight excluding hydrogens is 208 g/mol. The Balaban J connectivity index is 2.60. The number of esters is 1. The van der Waals surface area contributed by atoms with Crippen LogP contribution in [0.15, 0.2) is 16.7 Å². The molecule has 0 unspecified atom stereocenters. The molecule has 2 heterocycles. The van der Waals surface area contributed by atoms with E-state index in [4.69, 9.17) is 14.9 Å². The SMILES string of the molecule is CCOC(=O)c1c(N)oc2cc(C)cnc12. The monoisotopic (exact) mass is 220 g/mol. The summed E-state index contributed by atoms with van der Waals surface area (Å²) in [6.07, 6.45) is 1.65. The number of nitrogens with two attached hydrogens (primary N) is 1.